The number of amides is 1. The number of hydrogen-bond donors (Lipinski definition) is 0. The van der Waals surface area contributed by atoms with Gasteiger partial charge in [-0.15, -0.1) is 6.58 Å². The van der Waals surface area contributed by atoms with E-state index in [9.17, 15) is 9.59 Å². The van der Waals surface area contributed by atoms with Crippen LogP contribution in [0, 0.1) is 5.92 Å². The number of benzene rings is 1. The Labute approximate surface area is 124 Å². The Morgan fingerprint density at radius 3 is 2.71 bits per heavy atom. The van der Waals surface area contributed by atoms with Crippen LogP contribution in [0.3, 0.4) is 0 Å². The van der Waals surface area contributed by atoms with Crippen LogP contribution in [0.5, 0.6) is 0 Å². The van der Waals surface area contributed by atoms with Crippen molar-refractivity contribution in [1.29, 1.82) is 0 Å². The molecule has 0 spiro atoms. The lowest BCUT2D eigenvalue weighted by Crippen LogP contribution is -2.54. The van der Waals surface area contributed by atoms with Crippen molar-refractivity contribution in [2.24, 2.45) is 5.92 Å². The van der Waals surface area contributed by atoms with Crippen molar-refractivity contribution >= 4 is 11.9 Å². The zero-order valence-electron chi connectivity index (χ0n) is 12.1. The van der Waals surface area contributed by atoms with Crippen molar-refractivity contribution in [3.8, 4) is 0 Å². The van der Waals surface area contributed by atoms with Crippen molar-refractivity contribution < 1.29 is 14.3 Å². The molecule has 21 heavy (non-hydrogen) atoms. The van der Waals surface area contributed by atoms with Crippen molar-refractivity contribution in [2.45, 2.75) is 30.8 Å². The molecule has 2 aliphatic heterocycles. The summed E-state index contributed by atoms with van der Waals surface area (Å²) >= 11 is 0. The molecule has 4 heteroatoms. The van der Waals surface area contributed by atoms with Crippen molar-refractivity contribution in [3.05, 3.63) is 48.6 Å². The summed E-state index contributed by atoms with van der Waals surface area (Å²) in [5.74, 6) is -0.444. The van der Waals surface area contributed by atoms with Gasteiger partial charge in [0.05, 0.1) is 7.11 Å². The second-order valence-corrected chi connectivity index (χ2v) is 5.73. The van der Waals surface area contributed by atoms with Crippen LogP contribution < -0.4 is 0 Å². The highest BCUT2D eigenvalue weighted by Gasteiger charge is 2.63. The molecule has 4 nitrogen and oxygen atoms in total. The number of carbonyl (C=O) groups excluding carboxylic acids is 2. The van der Waals surface area contributed by atoms with Gasteiger partial charge in [0.25, 0.3) is 5.91 Å². The summed E-state index contributed by atoms with van der Waals surface area (Å²) < 4.78 is 5.02. The average molecular weight is 285 g/mol. The Balaban J connectivity index is 2.03. The van der Waals surface area contributed by atoms with Gasteiger partial charge in [-0.05, 0) is 31.4 Å². The number of nitrogens with zero attached hydrogens (tertiary/aromatic N) is 1. The second kappa shape index (κ2) is 5.02. The zero-order valence-corrected chi connectivity index (χ0v) is 12.1. The van der Waals surface area contributed by atoms with E-state index in [1.54, 1.807) is 23.1 Å². The quantitative estimate of drug-likeness (QED) is 0.633. The van der Waals surface area contributed by atoms with Gasteiger partial charge in [0, 0.05) is 17.5 Å². The summed E-state index contributed by atoms with van der Waals surface area (Å²) in [7, 11) is 1.38. The van der Waals surface area contributed by atoms with Crippen LogP contribution in [0.2, 0.25) is 0 Å². The van der Waals surface area contributed by atoms with Crippen LogP contribution in [0.25, 0.3) is 0 Å². The van der Waals surface area contributed by atoms with Gasteiger partial charge in [-0.25, -0.2) is 4.79 Å². The summed E-state index contributed by atoms with van der Waals surface area (Å²) in [6.45, 7) is 3.84. The molecule has 2 saturated heterocycles. The van der Waals surface area contributed by atoms with E-state index in [2.05, 4.69) is 6.58 Å². The number of esters is 1. The zero-order chi connectivity index (χ0) is 15.0. The van der Waals surface area contributed by atoms with Gasteiger partial charge < -0.3 is 9.64 Å². The first kappa shape index (κ1) is 13.9. The number of rotatable bonds is 3. The molecule has 2 aliphatic rings. The normalized spacial score (nSPS) is 30.2. The van der Waals surface area contributed by atoms with Gasteiger partial charge in [0.2, 0.25) is 0 Å². The number of ether oxygens (including phenoxy) is 1. The third-order valence-electron chi connectivity index (χ3n) is 4.86. The van der Waals surface area contributed by atoms with Crippen LogP contribution in [-0.4, -0.2) is 35.5 Å². The van der Waals surface area contributed by atoms with E-state index in [4.69, 9.17) is 4.74 Å². The monoisotopic (exact) mass is 285 g/mol. The second-order valence-electron chi connectivity index (χ2n) is 5.73. The summed E-state index contributed by atoms with van der Waals surface area (Å²) in [6, 6.07) is 9.21. The van der Waals surface area contributed by atoms with E-state index in [1.807, 2.05) is 18.2 Å². The minimum atomic E-state index is -0.867. The summed E-state index contributed by atoms with van der Waals surface area (Å²) in [6.07, 6.45) is 4.08. The van der Waals surface area contributed by atoms with Gasteiger partial charge in [0.1, 0.15) is 5.54 Å². The Morgan fingerprint density at radius 2 is 2.10 bits per heavy atom. The molecule has 0 aromatic heterocycles. The topological polar surface area (TPSA) is 46.6 Å². The lowest BCUT2D eigenvalue weighted by atomic mass is 9.77. The molecule has 0 unspecified atom stereocenters. The van der Waals surface area contributed by atoms with Crippen LogP contribution in [0.1, 0.15) is 29.6 Å². The minimum Gasteiger partial charge on any atom is -0.467 e. The van der Waals surface area contributed by atoms with E-state index < -0.39 is 5.54 Å². The summed E-state index contributed by atoms with van der Waals surface area (Å²) in [4.78, 5) is 27.1. The van der Waals surface area contributed by atoms with Crippen LogP contribution >= 0.6 is 0 Å². The van der Waals surface area contributed by atoms with Crippen LogP contribution in [0.15, 0.2) is 43.0 Å². The van der Waals surface area contributed by atoms with E-state index >= 15 is 0 Å². The highest BCUT2D eigenvalue weighted by molar-refractivity contribution is 5.99. The first-order valence-corrected chi connectivity index (χ1v) is 7.25. The standard InChI is InChI=1S/C17H19NO3/c1-3-13-11-14-9-10-17(13,16(20)21-2)18(14)15(19)12-7-5-4-6-8-12/h3-8,13-14H,1,9-11H2,2H3/t13-,14-,17+/m1/s1. The maximum Gasteiger partial charge on any atom is 0.332 e. The fourth-order valence-corrected chi connectivity index (χ4v) is 3.92. The summed E-state index contributed by atoms with van der Waals surface area (Å²) in [5.41, 5.74) is -0.254. The molecule has 3 rings (SSSR count). The Hall–Kier alpha value is -2.10. The molecular formula is C17H19NO3. The molecule has 110 valence electrons. The van der Waals surface area contributed by atoms with Crippen molar-refractivity contribution in [3.63, 3.8) is 0 Å². The van der Waals surface area contributed by atoms with Gasteiger partial charge in [-0.2, -0.15) is 0 Å². The Kier molecular flexibility index (Phi) is 3.32. The van der Waals surface area contributed by atoms with Crippen molar-refractivity contribution in [1.82, 2.24) is 4.90 Å². The SMILES string of the molecule is C=C[C@@H]1C[C@H]2CC[C@]1(C(=O)OC)N2C(=O)c1ccccc1. The summed E-state index contributed by atoms with van der Waals surface area (Å²) in [5, 5.41) is 0. The lowest BCUT2D eigenvalue weighted by molar-refractivity contribution is -0.152. The molecule has 2 bridgehead atoms. The van der Waals surface area contributed by atoms with Crippen LogP contribution in [-0.2, 0) is 9.53 Å². The van der Waals surface area contributed by atoms with Gasteiger partial charge in [-0.3, -0.25) is 4.79 Å². The van der Waals surface area contributed by atoms with Gasteiger partial charge in [-0.1, -0.05) is 24.3 Å². The molecular weight excluding hydrogens is 266 g/mol. The van der Waals surface area contributed by atoms with Crippen molar-refractivity contribution in [2.75, 3.05) is 7.11 Å². The molecule has 1 aromatic carbocycles. The maximum absolute atomic E-state index is 12.9. The Morgan fingerprint density at radius 1 is 1.38 bits per heavy atom. The fourth-order valence-electron chi connectivity index (χ4n) is 3.92. The highest BCUT2D eigenvalue weighted by Crippen LogP contribution is 2.51. The van der Waals surface area contributed by atoms with E-state index in [0.717, 1.165) is 12.8 Å². The molecule has 1 aromatic rings. The van der Waals surface area contributed by atoms with Gasteiger partial charge in [0.15, 0.2) is 0 Å². The minimum absolute atomic E-state index is 0.0311. The van der Waals surface area contributed by atoms with E-state index in [1.165, 1.54) is 7.11 Å². The maximum atomic E-state index is 12.9. The third kappa shape index (κ3) is 1.82. The molecule has 1 amide bonds. The van der Waals surface area contributed by atoms with E-state index in [0.29, 0.717) is 12.0 Å². The smallest absolute Gasteiger partial charge is 0.332 e. The molecule has 0 saturated carbocycles. The number of methoxy groups -OCH3 is 1. The number of carbonyl (C=O) groups is 2. The largest absolute Gasteiger partial charge is 0.467 e. The molecule has 2 heterocycles. The first-order valence-electron chi connectivity index (χ1n) is 7.25. The molecule has 0 radical (unpaired) electrons. The lowest BCUT2D eigenvalue weighted by Gasteiger charge is -2.35. The first-order chi connectivity index (χ1) is 10.1. The van der Waals surface area contributed by atoms with E-state index in [-0.39, 0.29) is 23.8 Å². The molecule has 0 N–H and O–H groups in total. The molecule has 3 atom stereocenters. The number of hydrogen-bond acceptors (Lipinski definition) is 3. The van der Waals surface area contributed by atoms with Crippen LogP contribution in [0.4, 0.5) is 0 Å². The predicted molar refractivity (Wildman–Crippen MR) is 78.7 cm³/mol. The third-order valence-corrected chi connectivity index (χ3v) is 4.86. The predicted octanol–water partition coefficient (Wildman–Crippen LogP) is 2.41. The molecule has 2 fully saturated rings. The Bertz CT molecular complexity index is 583. The molecule has 0 aliphatic carbocycles. The number of fused-ring (bicyclic) bond motifs is 2. The highest BCUT2D eigenvalue weighted by atomic mass is 16.5. The fraction of sp³-hybridized carbons (Fsp3) is 0.412. The van der Waals surface area contributed by atoms with Gasteiger partial charge >= 0.3 is 5.97 Å². The average Bonchev–Trinajstić information content (AvgIpc) is 3.07.